The van der Waals surface area contributed by atoms with E-state index in [1.54, 1.807) is 17.1 Å². The van der Waals surface area contributed by atoms with Crippen LogP contribution in [0.1, 0.15) is 56.1 Å². The summed E-state index contributed by atoms with van der Waals surface area (Å²) in [4.78, 5) is 19.4. The number of nitrogens with one attached hydrogen (secondary N) is 3. The van der Waals surface area contributed by atoms with E-state index >= 15 is 0 Å². The third kappa shape index (κ3) is 6.09. The van der Waals surface area contributed by atoms with Gasteiger partial charge in [0.1, 0.15) is 5.83 Å². The van der Waals surface area contributed by atoms with Gasteiger partial charge in [0, 0.05) is 60.6 Å². The summed E-state index contributed by atoms with van der Waals surface area (Å²) in [6, 6.07) is 0.152. The van der Waals surface area contributed by atoms with Gasteiger partial charge in [0.05, 0.1) is 12.6 Å². The van der Waals surface area contributed by atoms with Crippen LogP contribution in [0.2, 0.25) is 0 Å². The minimum absolute atomic E-state index is 0.0614. The second-order valence-corrected chi connectivity index (χ2v) is 9.56. The Balaban J connectivity index is 0.00000186. The van der Waals surface area contributed by atoms with E-state index in [0.717, 1.165) is 58.2 Å². The van der Waals surface area contributed by atoms with Crippen LogP contribution in [-0.4, -0.2) is 53.5 Å². The van der Waals surface area contributed by atoms with Crippen LogP contribution in [-0.2, 0) is 6.42 Å². The molecular weight excluding hydrogens is 465 g/mol. The maximum absolute atomic E-state index is 13.9. The first-order chi connectivity index (χ1) is 17.7. The van der Waals surface area contributed by atoms with Gasteiger partial charge in [0.15, 0.2) is 0 Å². The lowest BCUT2D eigenvalue weighted by Crippen LogP contribution is -2.31. The molecule has 2 aliphatic heterocycles. The van der Waals surface area contributed by atoms with Crippen LogP contribution in [0.15, 0.2) is 65.5 Å². The fraction of sp³-hybridized carbons (Fsp3) is 0.433. The number of aryl methyl sites for hydroxylation is 1. The number of carbonyl (C=O) groups is 1. The minimum Gasteiger partial charge on any atom is -0.388 e. The molecule has 1 aromatic rings. The van der Waals surface area contributed by atoms with Crippen molar-refractivity contribution in [3.8, 4) is 0 Å². The molecule has 0 spiro atoms. The number of aromatic amines is 1. The predicted octanol–water partition coefficient (Wildman–Crippen LogP) is 6.02. The van der Waals surface area contributed by atoms with Crippen LogP contribution in [0.5, 0.6) is 0 Å². The first kappa shape index (κ1) is 28.1. The summed E-state index contributed by atoms with van der Waals surface area (Å²) in [6.45, 7) is 20.6. The predicted molar refractivity (Wildman–Crippen MR) is 151 cm³/mol. The van der Waals surface area contributed by atoms with E-state index in [2.05, 4.69) is 48.7 Å². The average Bonchev–Trinajstić information content (AvgIpc) is 3.44. The van der Waals surface area contributed by atoms with Gasteiger partial charge in [-0.05, 0) is 68.5 Å². The summed E-state index contributed by atoms with van der Waals surface area (Å²) in [6.07, 6.45) is 9.48. The maximum atomic E-state index is 13.9. The summed E-state index contributed by atoms with van der Waals surface area (Å²) < 4.78 is 13.9. The molecule has 1 aliphatic carbocycles. The number of H-pyrrole nitrogens is 1. The van der Waals surface area contributed by atoms with Crippen LogP contribution in [0.25, 0.3) is 6.08 Å². The molecule has 4 rings (SSSR count). The molecule has 3 heterocycles. The highest BCUT2D eigenvalue weighted by atomic mass is 19.1. The zero-order valence-corrected chi connectivity index (χ0v) is 23.2. The molecule has 0 radical (unpaired) electrons. The second kappa shape index (κ2) is 12.2. The lowest BCUT2D eigenvalue weighted by atomic mass is 9.94. The van der Waals surface area contributed by atoms with E-state index in [1.165, 1.54) is 5.56 Å². The SMILES string of the molecule is C=C(Cc1c(C)[nH]c(/C=C2\C(=C)NC3CC=C(F)C=C23)c1C)NCCCN1C(=O)N(C)C/C1=C/C.CC. The van der Waals surface area contributed by atoms with Crippen LogP contribution >= 0.6 is 0 Å². The summed E-state index contributed by atoms with van der Waals surface area (Å²) in [7, 11) is 1.83. The molecule has 6 nitrogen and oxygen atoms in total. The van der Waals surface area contributed by atoms with Gasteiger partial charge >= 0.3 is 6.03 Å². The first-order valence-corrected chi connectivity index (χ1v) is 13.2. The number of hydrogen-bond donors (Lipinski definition) is 3. The maximum Gasteiger partial charge on any atom is 0.324 e. The standard InChI is InChI=1S/C28H36FN5O.C2H6/c1-7-22-16-33(6)28(35)34(22)12-8-11-30-17(2)13-23-18(3)27(32-19(23)4)15-24-20(5)31-26-10-9-21(29)14-25(24)26;1-2/h7,9,14-15,26,30-32H,2,5,8,10-13,16H2,1,3-4,6H3;1-2H3/b22-7-,24-15+;. The number of nitrogens with zero attached hydrogens (tertiary/aromatic N) is 2. The smallest absolute Gasteiger partial charge is 0.324 e. The molecule has 3 N–H and O–H groups in total. The molecule has 2 fully saturated rings. The van der Waals surface area contributed by atoms with E-state index < -0.39 is 0 Å². The fourth-order valence-corrected chi connectivity index (χ4v) is 5.06. The highest BCUT2D eigenvalue weighted by molar-refractivity contribution is 5.79. The van der Waals surface area contributed by atoms with Gasteiger partial charge in [-0.3, -0.25) is 4.90 Å². The van der Waals surface area contributed by atoms with Crippen molar-refractivity contribution in [1.29, 1.82) is 0 Å². The largest absolute Gasteiger partial charge is 0.388 e. The molecule has 0 bridgehead atoms. The number of urea groups is 1. The van der Waals surface area contributed by atoms with Crippen molar-refractivity contribution in [3.05, 3.63) is 88.0 Å². The number of amides is 2. The van der Waals surface area contributed by atoms with Crippen LogP contribution in [0, 0.1) is 13.8 Å². The Morgan fingerprint density at radius 3 is 2.76 bits per heavy atom. The van der Waals surface area contributed by atoms with Crippen molar-refractivity contribution in [2.45, 2.75) is 59.9 Å². The average molecular weight is 508 g/mol. The quantitative estimate of drug-likeness (QED) is 0.377. The van der Waals surface area contributed by atoms with Crippen molar-refractivity contribution in [3.63, 3.8) is 0 Å². The lowest BCUT2D eigenvalue weighted by Gasteiger charge is -2.18. The highest BCUT2D eigenvalue weighted by Gasteiger charge is 2.30. The van der Waals surface area contributed by atoms with E-state index in [1.807, 2.05) is 38.8 Å². The van der Waals surface area contributed by atoms with Crippen molar-refractivity contribution >= 4 is 12.1 Å². The molecule has 0 aromatic carbocycles. The van der Waals surface area contributed by atoms with Crippen molar-refractivity contribution in [1.82, 2.24) is 25.4 Å². The van der Waals surface area contributed by atoms with Crippen molar-refractivity contribution < 1.29 is 9.18 Å². The van der Waals surface area contributed by atoms with Crippen LogP contribution in [0.3, 0.4) is 0 Å². The number of carbonyl (C=O) groups excluding carboxylic acids is 1. The zero-order valence-electron chi connectivity index (χ0n) is 23.2. The molecule has 1 atom stereocenters. The van der Waals surface area contributed by atoms with Gasteiger partial charge in [-0.2, -0.15) is 0 Å². The third-order valence-electron chi connectivity index (χ3n) is 7.08. The summed E-state index contributed by atoms with van der Waals surface area (Å²) in [5.41, 5.74) is 9.21. The summed E-state index contributed by atoms with van der Waals surface area (Å²) in [5, 5.41) is 6.79. The Hall–Kier alpha value is -3.48. The number of fused-ring (bicyclic) bond motifs is 1. The van der Waals surface area contributed by atoms with Gasteiger partial charge in [-0.15, -0.1) is 0 Å². The van der Waals surface area contributed by atoms with Crippen molar-refractivity contribution in [2.75, 3.05) is 26.7 Å². The number of halogens is 1. The number of allylic oxidation sites excluding steroid dienone is 5. The van der Waals surface area contributed by atoms with E-state index in [-0.39, 0.29) is 17.9 Å². The molecule has 37 heavy (non-hydrogen) atoms. The number of likely N-dealkylation sites (N-methyl/N-ethyl adjacent to an activating group) is 1. The van der Waals surface area contributed by atoms with Crippen molar-refractivity contribution in [2.24, 2.45) is 0 Å². The van der Waals surface area contributed by atoms with Gasteiger partial charge in [0.25, 0.3) is 0 Å². The third-order valence-corrected chi connectivity index (χ3v) is 7.08. The normalized spacial score (nSPS) is 21.0. The summed E-state index contributed by atoms with van der Waals surface area (Å²) >= 11 is 0. The summed E-state index contributed by atoms with van der Waals surface area (Å²) in [5.74, 6) is -0.191. The molecule has 3 aliphatic rings. The van der Waals surface area contributed by atoms with Crippen LogP contribution in [0.4, 0.5) is 9.18 Å². The van der Waals surface area contributed by atoms with E-state index in [9.17, 15) is 9.18 Å². The fourth-order valence-electron chi connectivity index (χ4n) is 5.06. The topological polar surface area (TPSA) is 63.4 Å². The second-order valence-electron chi connectivity index (χ2n) is 9.56. The molecule has 2 amide bonds. The van der Waals surface area contributed by atoms with Gasteiger partial charge in [-0.25, -0.2) is 9.18 Å². The lowest BCUT2D eigenvalue weighted by molar-refractivity contribution is 0.201. The first-order valence-electron chi connectivity index (χ1n) is 13.2. The van der Waals surface area contributed by atoms with E-state index in [4.69, 9.17) is 0 Å². The molecule has 0 saturated carbocycles. The van der Waals surface area contributed by atoms with Gasteiger partial charge < -0.3 is 20.5 Å². The minimum atomic E-state index is -0.191. The molecule has 7 heteroatoms. The number of hydrogen-bond acceptors (Lipinski definition) is 3. The van der Waals surface area contributed by atoms with Gasteiger partial charge in [0.2, 0.25) is 0 Å². The number of aromatic nitrogens is 1. The molecule has 2 saturated heterocycles. The Bertz CT molecular complexity index is 1180. The zero-order chi connectivity index (χ0) is 27.3. The molecule has 1 aromatic heterocycles. The molecule has 200 valence electrons. The monoisotopic (exact) mass is 507 g/mol. The Morgan fingerprint density at radius 2 is 2.05 bits per heavy atom. The van der Waals surface area contributed by atoms with Gasteiger partial charge in [-0.1, -0.05) is 33.1 Å². The Morgan fingerprint density at radius 1 is 1.32 bits per heavy atom. The molecule has 1 unspecified atom stereocenters. The van der Waals surface area contributed by atoms with Crippen LogP contribution < -0.4 is 10.6 Å². The Labute approximate surface area is 221 Å². The van der Waals surface area contributed by atoms with E-state index in [0.29, 0.717) is 25.9 Å². The Kier molecular flexibility index (Phi) is 9.24. The molecular formula is C30H42FN5O. The number of rotatable bonds is 8. The highest BCUT2D eigenvalue weighted by Crippen LogP contribution is 2.36.